The fraction of sp³-hybridized carbons (Fsp3) is 0.143. The number of carbonyl (C=O) groups excluding carboxylic acids is 2. The Morgan fingerprint density at radius 2 is 1.84 bits per heavy atom. The molecule has 1 aliphatic heterocycles. The van der Waals surface area contributed by atoms with Gasteiger partial charge in [0, 0.05) is 16.3 Å². The van der Waals surface area contributed by atoms with Gasteiger partial charge in [-0.05, 0) is 60.9 Å². The number of carbonyl (C=O) groups is 2. The summed E-state index contributed by atoms with van der Waals surface area (Å²) in [5.74, 6) is -1.67. The Morgan fingerprint density at radius 1 is 1.08 bits per heavy atom. The lowest BCUT2D eigenvalue weighted by molar-refractivity contribution is -0.132. The second-order valence-corrected chi connectivity index (χ2v) is 11.4. The van der Waals surface area contributed by atoms with Crippen LogP contribution in [0.3, 0.4) is 0 Å². The van der Waals surface area contributed by atoms with Gasteiger partial charge in [-0.15, -0.1) is 10.2 Å². The summed E-state index contributed by atoms with van der Waals surface area (Å²) in [6, 6.07) is 17.6. The molecule has 0 spiro atoms. The number of aliphatic hydroxyl groups excluding tert-OH is 1. The predicted octanol–water partition coefficient (Wildman–Crippen LogP) is 6.87. The number of benzene rings is 3. The molecule has 3 aromatic carbocycles. The second-order valence-electron chi connectivity index (χ2n) is 8.81. The molecule has 1 N–H and O–H groups in total. The largest absolute Gasteiger partial charge is 0.507 e. The van der Waals surface area contributed by atoms with Crippen LogP contribution < -0.4 is 4.90 Å². The number of ketones is 1. The molecule has 1 amide bonds. The van der Waals surface area contributed by atoms with Crippen molar-refractivity contribution in [2.24, 2.45) is 0 Å². The molecular weight excluding hydrogens is 545 g/mol. The molecule has 192 valence electrons. The highest BCUT2D eigenvalue weighted by Gasteiger charge is 2.48. The molecule has 1 aromatic heterocycles. The van der Waals surface area contributed by atoms with E-state index in [9.17, 15) is 19.1 Å². The average Bonchev–Trinajstić information content (AvgIpc) is 3.47. The summed E-state index contributed by atoms with van der Waals surface area (Å²) in [7, 11) is 0. The number of aliphatic hydroxyl groups is 1. The van der Waals surface area contributed by atoms with E-state index in [0.29, 0.717) is 26.2 Å². The van der Waals surface area contributed by atoms with Crippen LogP contribution >= 0.6 is 34.7 Å². The number of Topliss-reactive ketones (excluding diaryl/α,β-unsaturated/α-hetero) is 1. The van der Waals surface area contributed by atoms with E-state index >= 15 is 0 Å². The highest BCUT2D eigenvalue weighted by Crippen LogP contribution is 2.44. The number of rotatable bonds is 6. The van der Waals surface area contributed by atoms with Crippen molar-refractivity contribution < 1.29 is 19.1 Å². The van der Waals surface area contributed by atoms with Gasteiger partial charge >= 0.3 is 5.91 Å². The van der Waals surface area contributed by atoms with Gasteiger partial charge in [-0.1, -0.05) is 76.7 Å². The summed E-state index contributed by atoms with van der Waals surface area (Å²) in [4.78, 5) is 28.0. The third kappa shape index (κ3) is 5.09. The zero-order valence-electron chi connectivity index (χ0n) is 20.3. The molecule has 0 saturated carbocycles. The van der Waals surface area contributed by atoms with E-state index in [1.165, 1.54) is 28.8 Å². The van der Waals surface area contributed by atoms with Crippen molar-refractivity contribution in [3.63, 3.8) is 0 Å². The van der Waals surface area contributed by atoms with E-state index in [1.807, 2.05) is 26.0 Å². The van der Waals surface area contributed by atoms with Crippen LogP contribution in [0.25, 0.3) is 5.76 Å². The topological polar surface area (TPSA) is 83.4 Å². The summed E-state index contributed by atoms with van der Waals surface area (Å²) in [5.41, 5.74) is 3.56. The number of anilines is 1. The second kappa shape index (κ2) is 10.7. The Hall–Kier alpha value is -3.53. The molecule has 4 aromatic rings. The Labute approximate surface area is 231 Å². The van der Waals surface area contributed by atoms with Gasteiger partial charge in [-0.2, -0.15) is 0 Å². The fourth-order valence-corrected chi connectivity index (χ4v) is 6.26. The number of hydrogen-bond acceptors (Lipinski definition) is 7. The molecule has 1 atom stereocenters. The van der Waals surface area contributed by atoms with E-state index in [4.69, 9.17) is 11.6 Å². The molecule has 10 heteroatoms. The Bertz CT molecular complexity index is 1590. The lowest BCUT2D eigenvalue weighted by Gasteiger charge is -2.23. The number of aromatic nitrogens is 2. The Balaban J connectivity index is 1.56. The van der Waals surface area contributed by atoms with Crippen LogP contribution in [0.15, 0.2) is 76.6 Å². The van der Waals surface area contributed by atoms with Crippen molar-refractivity contribution in [2.45, 2.75) is 30.0 Å². The monoisotopic (exact) mass is 565 g/mol. The molecule has 0 aliphatic carbocycles. The van der Waals surface area contributed by atoms with Crippen molar-refractivity contribution in [1.82, 2.24) is 10.2 Å². The third-order valence-corrected chi connectivity index (χ3v) is 8.50. The van der Waals surface area contributed by atoms with Crippen molar-refractivity contribution >= 4 is 57.3 Å². The van der Waals surface area contributed by atoms with E-state index < -0.39 is 17.7 Å². The van der Waals surface area contributed by atoms with Crippen LogP contribution in [0.1, 0.15) is 33.9 Å². The predicted molar refractivity (Wildman–Crippen MR) is 148 cm³/mol. The quantitative estimate of drug-likeness (QED) is 0.0903. The van der Waals surface area contributed by atoms with Gasteiger partial charge in [0.2, 0.25) is 5.13 Å². The van der Waals surface area contributed by atoms with Gasteiger partial charge in [0.15, 0.2) is 4.34 Å². The van der Waals surface area contributed by atoms with Crippen molar-refractivity contribution in [3.8, 4) is 0 Å². The third-order valence-electron chi connectivity index (χ3n) is 6.13. The first kappa shape index (κ1) is 26.1. The van der Waals surface area contributed by atoms with Crippen LogP contribution in [-0.4, -0.2) is 27.0 Å². The Morgan fingerprint density at radius 3 is 2.58 bits per heavy atom. The van der Waals surface area contributed by atoms with Gasteiger partial charge in [0.05, 0.1) is 11.6 Å². The fourth-order valence-electron chi connectivity index (χ4n) is 4.24. The van der Waals surface area contributed by atoms with Gasteiger partial charge in [0.1, 0.15) is 11.6 Å². The van der Waals surface area contributed by atoms with Gasteiger partial charge in [-0.25, -0.2) is 4.39 Å². The molecule has 1 unspecified atom stereocenters. The molecule has 1 aliphatic rings. The molecule has 38 heavy (non-hydrogen) atoms. The maximum Gasteiger partial charge on any atom is 0.301 e. The number of halogens is 2. The molecule has 1 saturated heterocycles. The molecule has 2 heterocycles. The smallest absolute Gasteiger partial charge is 0.301 e. The molecule has 0 radical (unpaired) electrons. The van der Waals surface area contributed by atoms with Crippen molar-refractivity contribution in [1.29, 1.82) is 0 Å². The summed E-state index contributed by atoms with van der Waals surface area (Å²) >= 11 is 8.82. The van der Waals surface area contributed by atoms with Crippen LogP contribution in [0.2, 0.25) is 5.02 Å². The maximum atomic E-state index is 13.4. The zero-order valence-corrected chi connectivity index (χ0v) is 22.7. The normalized spacial score (nSPS) is 16.8. The first-order chi connectivity index (χ1) is 18.2. The average molecular weight is 566 g/mol. The van der Waals surface area contributed by atoms with Crippen LogP contribution in [0, 0.1) is 19.7 Å². The molecular formula is C28H21ClFN3O3S2. The molecule has 5 rings (SSSR count). The van der Waals surface area contributed by atoms with E-state index in [1.54, 1.807) is 42.5 Å². The SMILES string of the molecule is Cc1ccc(C)c(C(O)=C2C(=O)C(=O)N(c3nnc(SCc4ccc(F)cc4)s3)C2c2cccc(Cl)c2)c1. The molecule has 6 nitrogen and oxygen atoms in total. The van der Waals surface area contributed by atoms with Crippen molar-refractivity contribution in [2.75, 3.05) is 4.90 Å². The van der Waals surface area contributed by atoms with Gasteiger partial charge in [-0.3, -0.25) is 14.5 Å². The minimum atomic E-state index is -0.948. The van der Waals surface area contributed by atoms with Gasteiger partial charge < -0.3 is 5.11 Å². The molecule has 0 bridgehead atoms. The van der Waals surface area contributed by atoms with E-state index in [-0.39, 0.29) is 22.3 Å². The number of nitrogens with zero attached hydrogens (tertiary/aromatic N) is 3. The van der Waals surface area contributed by atoms with Crippen LogP contribution in [-0.2, 0) is 15.3 Å². The summed E-state index contributed by atoms with van der Waals surface area (Å²) in [6.45, 7) is 3.71. The summed E-state index contributed by atoms with van der Waals surface area (Å²) in [6.07, 6.45) is 0. The highest BCUT2D eigenvalue weighted by atomic mass is 35.5. The highest BCUT2D eigenvalue weighted by molar-refractivity contribution is 8.00. The number of hydrogen-bond donors (Lipinski definition) is 1. The minimum Gasteiger partial charge on any atom is -0.507 e. The van der Waals surface area contributed by atoms with E-state index in [0.717, 1.165) is 28.0 Å². The van der Waals surface area contributed by atoms with Crippen LogP contribution in [0.4, 0.5) is 9.52 Å². The Kier molecular flexibility index (Phi) is 7.34. The lowest BCUT2D eigenvalue weighted by atomic mass is 9.93. The summed E-state index contributed by atoms with van der Waals surface area (Å²) in [5, 5.41) is 20.5. The lowest BCUT2D eigenvalue weighted by Crippen LogP contribution is -2.29. The maximum absolute atomic E-state index is 13.4. The van der Waals surface area contributed by atoms with E-state index in [2.05, 4.69) is 10.2 Å². The standard InChI is InChI=1S/C28H21ClFN3O3S2/c1-15-6-7-16(2)21(12-15)24(34)22-23(18-4-3-5-19(29)13-18)33(26(36)25(22)35)27-31-32-28(38-27)37-14-17-8-10-20(30)11-9-17/h3-13,23,34H,14H2,1-2H3. The summed E-state index contributed by atoms with van der Waals surface area (Å²) < 4.78 is 13.8. The van der Waals surface area contributed by atoms with Crippen LogP contribution in [0.5, 0.6) is 0 Å². The van der Waals surface area contributed by atoms with Crippen molar-refractivity contribution in [3.05, 3.63) is 111 Å². The first-order valence-electron chi connectivity index (χ1n) is 11.6. The number of thioether (sulfide) groups is 1. The number of amides is 1. The molecule has 1 fully saturated rings. The minimum absolute atomic E-state index is 0.0401. The van der Waals surface area contributed by atoms with Gasteiger partial charge in [0.25, 0.3) is 5.78 Å². The number of aryl methyl sites for hydroxylation is 2. The first-order valence-corrected chi connectivity index (χ1v) is 13.8. The zero-order chi connectivity index (χ0) is 27.0.